The van der Waals surface area contributed by atoms with Crippen molar-refractivity contribution in [3.63, 3.8) is 0 Å². The molecule has 1 aromatic rings. The van der Waals surface area contributed by atoms with Crippen LogP contribution in [-0.2, 0) is 4.74 Å². The fourth-order valence-corrected chi connectivity index (χ4v) is 2.58. The molecule has 20 heavy (non-hydrogen) atoms. The summed E-state index contributed by atoms with van der Waals surface area (Å²) in [5, 5.41) is 8.52. The van der Waals surface area contributed by atoms with Gasteiger partial charge in [-0.3, -0.25) is 0 Å². The number of hydrogen-bond acceptors (Lipinski definition) is 3. The van der Waals surface area contributed by atoms with Gasteiger partial charge in [-0.1, -0.05) is 12.1 Å². The molecule has 3 rings (SSSR count). The molecule has 108 valence electrons. The van der Waals surface area contributed by atoms with Crippen LogP contribution in [0.25, 0.3) is 0 Å². The molecule has 0 radical (unpaired) electrons. The van der Waals surface area contributed by atoms with Crippen LogP contribution < -0.4 is 16.0 Å². The molecule has 2 saturated heterocycles. The van der Waals surface area contributed by atoms with E-state index in [1.54, 1.807) is 12.1 Å². The number of benzene rings is 1. The van der Waals surface area contributed by atoms with Gasteiger partial charge in [-0.15, -0.1) is 0 Å². The smallest absolute Gasteiger partial charge is 0.319 e. The van der Waals surface area contributed by atoms with Crippen molar-refractivity contribution in [3.8, 4) is 0 Å². The predicted octanol–water partition coefficient (Wildman–Crippen LogP) is 1.47. The number of hydrogen-bond donors (Lipinski definition) is 3. The summed E-state index contributed by atoms with van der Waals surface area (Å²) in [5.41, 5.74) is 0.179. The maximum atomic E-state index is 13.4. The molecule has 2 amide bonds. The molecule has 0 saturated carbocycles. The maximum absolute atomic E-state index is 13.4. The Labute approximate surface area is 116 Å². The van der Waals surface area contributed by atoms with E-state index in [9.17, 15) is 9.18 Å². The highest BCUT2D eigenvalue weighted by Crippen LogP contribution is 2.24. The Bertz CT molecular complexity index is 497. The fraction of sp³-hybridized carbons (Fsp3) is 0.500. The van der Waals surface area contributed by atoms with Gasteiger partial charge in [0.05, 0.1) is 17.9 Å². The molecule has 3 atom stereocenters. The first-order chi connectivity index (χ1) is 9.72. The van der Waals surface area contributed by atoms with Gasteiger partial charge in [0.2, 0.25) is 0 Å². The first-order valence-electron chi connectivity index (χ1n) is 6.90. The molecule has 0 spiro atoms. The number of carbonyl (C=O) groups is 1. The summed E-state index contributed by atoms with van der Waals surface area (Å²) in [6.07, 6.45) is 2.33. The molecule has 0 aromatic heterocycles. The van der Waals surface area contributed by atoms with Crippen molar-refractivity contribution < 1.29 is 13.9 Å². The summed E-state index contributed by atoms with van der Waals surface area (Å²) in [6.45, 7) is 1.34. The number of fused-ring (bicyclic) bond motifs is 1. The lowest BCUT2D eigenvalue weighted by molar-refractivity contribution is -0.100. The van der Waals surface area contributed by atoms with Crippen molar-refractivity contribution in [2.75, 3.05) is 18.4 Å². The van der Waals surface area contributed by atoms with E-state index in [2.05, 4.69) is 16.0 Å². The second-order valence-corrected chi connectivity index (χ2v) is 5.20. The number of urea groups is 1. The van der Waals surface area contributed by atoms with Crippen LogP contribution in [0.3, 0.4) is 0 Å². The fourth-order valence-electron chi connectivity index (χ4n) is 2.58. The van der Waals surface area contributed by atoms with Crippen molar-refractivity contribution in [1.29, 1.82) is 0 Å². The van der Waals surface area contributed by atoms with Gasteiger partial charge in [0, 0.05) is 19.1 Å². The van der Waals surface area contributed by atoms with Crippen molar-refractivity contribution in [1.82, 2.24) is 10.6 Å². The second kappa shape index (κ2) is 5.76. The van der Waals surface area contributed by atoms with E-state index in [0.29, 0.717) is 12.6 Å². The molecule has 2 aliphatic rings. The number of anilines is 1. The van der Waals surface area contributed by atoms with Crippen LogP contribution in [0.15, 0.2) is 24.3 Å². The molecule has 1 aromatic carbocycles. The number of ether oxygens (including phenoxy) is 1. The Morgan fingerprint density at radius 1 is 1.40 bits per heavy atom. The average molecular weight is 279 g/mol. The molecule has 0 aliphatic carbocycles. The zero-order valence-corrected chi connectivity index (χ0v) is 11.1. The van der Waals surface area contributed by atoms with Crippen molar-refractivity contribution in [2.45, 2.75) is 31.1 Å². The summed E-state index contributed by atoms with van der Waals surface area (Å²) >= 11 is 0. The lowest BCUT2D eigenvalue weighted by Crippen LogP contribution is -2.62. The monoisotopic (exact) mass is 279 g/mol. The lowest BCUT2D eigenvalue weighted by atomic mass is 9.92. The Morgan fingerprint density at radius 3 is 2.95 bits per heavy atom. The SMILES string of the molecule is O=C(NC[C@@H]1CC[C@H]2NC[C@H]2O1)Nc1ccccc1F. The minimum atomic E-state index is -0.444. The quantitative estimate of drug-likeness (QED) is 0.785. The van der Waals surface area contributed by atoms with Crippen LogP contribution >= 0.6 is 0 Å². The first-order valence-corrected chi connectivity index (χ1v) is 6.90. The van der Waals surface area contributed by atoms with E-state index >= 15 is 0 Å². The Morgan fingerprint density at radius 2 is 2.25 bits per heavy atom. The van der Waals surface area contributed by atoms with Crippen LogP contribution in [0, 0.1) is 5.82 Å². The number of para-hydroxylation sites is 1. The molecule has 3 N–H and O–H groups in total. The van der Waals surface area contributed by atoms with Gasteiger partial charge in [0.15, 0.2) is 0 Å². The molecule has 0 unspecified atom stereocenters. The zero-order valence-electron chi connectivity index (χ0n) is 11.1. The van der Waals surface area contributed by atoms with E-state index < -0.39 is 11.8 Å². The van der Waals surface area contributed by atoms with Gasteiger partial charge in [-0.05, 0) is 25.0 Å². The van der Waals surface area contributed by atoms with Gasteiger partial charge in [-0.25, -0.2) is 9.18 Å². The predicted molar refractivity (Wildman–Crippen MR) is 73.1 cm³/mol. The summed E-state index contributed by atoms with van der Waals surface area (Å²) in [7, 11) is 0. The summed E-state index contributed by atoms with van der Waals surface area (Å²) in [4.78, 5) is 11.7. The largest absolute Gasteiger partial charge is 0.370 e. The number of halogens is 1. The number of amides is 2. The highest BCUT2D eigenvalue weighted by Gasteiger charge is 2.37. The highest BCUT2D eigenvalue weighted by atomic mass is 19.1. The minimum Gasteiger partial charge on any atom is -0.370 e. The zero-order chi connectivity index (χ0) is 13.9. The van der Waals surface area contributed by atoms with E-state index in [4.69, 9.17) is 4.74 Å². The van der Waals surface area contributed by atoms with Crippen molar-refractivity contribution >= 4 is 11.7 Å². The molecule has 2 fully saturated rings. The van der Waals surface area contributed by atoms with Gasteiger partial charge in [0.25, 0.3) is 0 Å². The third kappa shape index (κ3) is 2.91. The third-order valence-corrected chi connectivity index (χ3v) is 3.81. The molecule has 0 bridgehead atoms. The highest BCUT2D eigenvalue weighted by molar-refractivity contribution is 5.89. The minimum absolute atomic E-state index is 0.0460. The molecule has 6 heteroatoms. The molecule has 5 nitrogen and oxygen atoms in total. The number of carbonyl (C=O) groups excluding carboxylic acids is 1. The van der Waals surface area contributed by atoms with E-state index in [-0.39, 0.29) is 17.9 Å². The Kier molecular flexibility index (Phi) is 3.84. The van der Waals surface area contributed by atoms with E-state index in [1.165, 1.54) is 12.1 Å². The molecular formula is C14H18FN3O2. The third-order valence-electron chi connectivity index (χ3n) is 3.81. The maximum Gasteiger partial charge on any atom is 0.319 e. The van der Waals surface area contributed by atoms with Crippen molar-refractivity contribution in [2.24, 2.45) is 0 Å². The van der Waals surface area contributed by atoms with Gasteiger partial charge in [0.1, 0.15) is 5.82 Å². The average Bonchev–Trinajstić information content (AvgIpc) is 2.41. The van der Waals surface area contributed by atoms with Crippen LogP contribution in [0.2, 0.25) is 0 Å². The van der Waals surface area contributed by atoms with E-state index in [0.717, 1.165) is 19.4 Å². The van der Waals surface area contributed by atoms with Crippen LogP contribution in [0.4, 0.5) is 14.9 Å². The van der Waals surface area contributed by atoms with Crippen LogP contribution in [0.1, 0.15) is 12.8 Å². The van der Waals surface area contributed by atoms with E-state index in [1.807, 2.05) is 0 Å². The van der Waals surface area contributed by atoms with Gasteiger partial charge >= 0.3 is 6.03 Å². The topological polar surface area (TPSA) is 62.4 Å². The number of nitrogens with one attached hydrogen (secondary N) is 3. The summed E-state index contributed by atoms with van der Waals surface area (Å²) in [5.74, 6) is -0.444. The Hall–Kier alpha value is -1.66. The lowest BCUT2D eigenvalue weighted by Gasteiger charge is -2.44. The van der Waals surface area contributed by atoms with Crippen LogP contribution in [0.5, 0.6) is 0 Å². The first kappa shape index (κ1) is 13.3. The molecule has 2 aliphatic heterocycles. The Balaban J connectivity index is 1.44. The van der Waals surface area contributed by atoms with Crippen molar-refractivity contribution in [3.05, 3.63) is 30.1 Å². The van der Waals surface area contributed by atoms with Gasteiger partial charge in [-0.2, -0.15) is 0 Å². The second-order valence-electron chi connectivity index (χ2n) is 5.20. The van der Waals surface area contributed by atoms with Crippen LogP contribution in [-0.4, -0.2) is 37.4 Å². The van der Waals surface area contributed by atoms with Gasteiger partial charge < -0.3 is 20.7 Å². The normalized spacial score (nSPS) is 28.1. The molecular weight excluding hydrogens is 261 g/mol. The standard InChI is InChI=1S/C14H18FN3O2/c15-10-3-1-2-4-11(10)18-14(19)17-7-9-5-6-12-13(20-9)8-16-12/h1-4,9,12-13,16H,5-8H2,(H2,17,18,19)/t9-,12+,13+/m0/s1. The number of rotatable bonds is 3. The summed E-state index contributed by atoms with van der Waals surface area (Å²) in [6, 6.07) is 6.16. The summed E-state index contributed by atoms with van der Waals surface area (Å²) < 4.78 is 19.2. The molecule has 2 heterocycles.